The van der Waals surface area contributed by atoms with Crippen LogP contribution in [0, 0.1) is 5.92 Å². The Labute approximate surface area is 154 Å². The fourth-order valence-corrected chi connectivity index (χ4v) is 2.61. The zero-order valence-electron chi connectivity index (χ0n) is 14.4. The molecule has 26 heavy (non-hydrogen) atoms. The summed E-state index contributed by atoms with van der Waals surface area (Å²) in [6.07, 6.45) is -3.00. The molecule has 0 bridgehead atoms. The van der Waals surface area contributed by atoms with Crippen molar-refractivity contribution in [1.29, 1.82) is 0 Å². The quantitative estimate of drug-likeness (QED) is 0.756. The van der Waals surface area contributed by atoms with Crippen LogP contribution < -0.4 is 5.32 Å². The van der Waals surface area contributed by atoms with E-state index in [2.05, 4.69) is 17.0 Å². The maximum absolute atomic E-state index is 13.5. The third-order valence-corrected chi connectivity index (χ3v) is 4.14. The van der Waals surface area contributed by atoms with Crippen molar-refractivity contribution in [2.24, 2.45) is 13.0 Å². The number of amides is 1. The zero-order chi connectivity index (χ0) is 19.5. The number of aryl methyl sites for hydroxylation is 1. The smallest absolute Gasteiger partial charge is 0.351 e. The van der Waals surface area contributed by atoms with E-state index in [0.717, 1.165) is 0 Å². The minimum absolute atomic E-state index is 0.0610. The Morgan fingerprint density at radius 3 is 2.54 bits per heavy atom. The maximum atomic E-state index is 13.5. The number of aromatic nitrogens is 2. The highest BCUT2D eigenvalue weighted by Crippen LogP contribution is 2.34. The Balaban J connectivity index is 2.42. The van der Waals surface area contributed by atoms with Crippen LogP contribution in [0.1, 0.15) is 34.2 Å². The summed E-state index contributed by atoms with van der Waals surface area (Å²) in [6.45, 7) is 5.58. The number of nitrogens with zero attached hydrogens (tertiary/aromatic N) is 2. The predicted octanol–water partition coefficient (Wildman–Crippen LogP) is 4.24. The molecule has 8 heteroatoms. The van der Waals surface area contributed by atoms with E-state index >= 15 is 0 Å². The molecule has 1 N–H and O–H groups in total. The SMILES string of the molecule is C=CC(C)CNC(=O)c1c(Cc2ccc(Cl)cc2)nn(C)c1C(F)(F)F. The fraction of sp³-hybridized carbons (Fsp3) is 0.333. The summed E-state index contributed by atoms with van der Waals surface area (Å²) in [5.41, 5.74) is -0.753. The largest absolute Gasteiger partial charge is 0.433 e. The summed E-state index contributed by atoms with van der Waals surface area (Å²) in [4.78, 5) is 12.5. The van der Waals surface area contributed by atoms with E-state index in [0.29, 0.717) is 15.3 Å². The number of carbonyl (C=O) groups excluding carboxylic acids is 1. The first-order chi connectivity index (χ1) is 12.1. The van der Waals surface area contributed by atoms with Crippen LogP contribution in [0.4, 0.5) is 13.2 Å². The third-order valence-electron chi connectivity index (χ3n) is 3.89. The summed E-state index contributed by atoms with van der Waals surface area (Å²) in [5.74, 6) is -0.868. The summed E-state index contributed by atoms with van der Waals surface area (Å²) in [6, 6.07) is 6.64. The molecule has 0 aliphatic rings. The Kier molecular flexibility index (Phi) is 6.13. The average Bonchev–Trinajstić information content (AvgIpc) is 2.90. The van der Waals surface area contributed by atoms with Gasteiger partial charge in [-0.1, -0.05) is 36.7 Å². The van der Waals surface area contributed by atoms with Gasteiger partial charge < -0.3 is 5.32 Å². The highest BCUT2D eigenvalue weighted by molar-refractivity contribution is 6.30. The monoisotopic (exact) mass is 385 g/mol. The van der Waals surface area contributed by atoms with Crippen molar-refractivity contribution in [2.75, 3.05) is 6.54 Å². The van der Waals surface area contributed by atoms with Crippen molar-refractivity contribution in [2.45, 2.75) is 19.5 Å². The molecule has 2 aromatic rings. The first-order valence-corrected chi connectivity index (χ1v) is 8.29. The van der Waals surface area contributed by atoms with Gasteiger partial charge in [0, 0.05) is 25.0 Å². The van der Waals surface area contributed by atoms with E-state index in [4.69, 9.17) is 11.6 Å². The molecule has 1 unspecified atom stereocenters. The Morgan fingerprint density at radius 1 is 1.38 bits per heavy atom. The molecule has 2 rings (SSSR count). The molecule has 0 aliphatic heterocycles. The molecule has 0 spiro atoms. The van der Waals surface area contributed by atoms with Gasteiger partial charge in [-0.2, -0.15) is 18.3 Å². The zero-order valence-corrected chi connectivity index (χ0v) is 15.2. The first-order valence-electron chi connectivity index (χ1n) is 7.91. The van der Waals surface area contributed by atoms with Crippen molar-refractivity contribution in [3.05, 3.63) is 64.5 Å². The lowest BCUT2D eigenvalue weighted by Crippen LogP contribution is -2.30. The summed E-state index contributed by atoms with van der Waals surface area (Å²) >= 11 is 5.83. The molecule has 0 saturated carbocycles. The first kappa shape index (κ1) is 20.0. The standard InChI is InChI=1S/C18H19ClF3N3O/c1-4-11(2)10-23-17(26)15-14(9-12-5-7-13(19)8-6-12)24-25(3)16(15)18(20,21)22/h4-8,11H,1,9-10H2,2-3H3,(H,23,26). The molecule has 1 aromatic carbocycles. The van der Waals surface area contributed by atoms with Gasteiger partial charge in [0.2, 0.25) is 0 Å². The minimum atomic E-state index is -4.70. The number of hydrogen-bond acceptors (Lipinski definition) is 2. The lowest BCUT2D eigenvalue weighted by Gasteiger charge is -2.12. The third kappa shape index (κ3) is 4.66. The molecule has 140 valence electrons. The number of benzene rings is 1. The maximum Gasteiger partial charge on any atom is 0.433 e. The van der Waals surface area contributed by atoms with Crippen molar-refractivity contribution in [3.63, 3.8) is 0 Å². The van der Waals surface area contributed by atoms with E-state index < -0.39 is 23.3 Å². The van der Waals surface area contributed by atoms with E-state index in [9.17, 15) is 18.0 Å². The molecule has 1 aromatic heterocycles. The topological polar surface area (TPSA) is 46.9 Å². The molecule has 1 atom stereocenters. The van der Waals surface area contributed by atoms with E-state index in [1.807, 2.05) is 0 Å². The van der Waals surface area contributed by atoms with Gasteiger partial charge in [-0.25, -0.2) is 0 Å². The number of rotatable bonds is 6. The summed E-state index contributed by atoms with van der Waals surface area (Å²) in [5, 5.41) is 6.99. The van der Waals surface area contributed by atoms with Crippen molar-refractivity contribution >= 4 is 17.5 Å². The van der Waals surface area contributed by atoms with Crippen molar-refractivity contribution in [3.8, 4) is 0 Å². The van der Waals surface area contributed by atoms with Crippen LogP contribution in [0.25, 0.3) is 0 Å². The number of hydrogen-bond donors (Lipinski definition) is 1. The number of carbonyl (C=O) groups is 1. The second-order valence-corrected chi connectivity index (χ2v) is 6.45. The van der Waals surface area contributed by atoms with Gasteiger partial charge in [-0.15, -0.1) is 6.58 Å². The van der Waals surface area contributed by atoms with Crippen LogP contribution >= 0.6 is 11.6 Å². The Hall–Kier alpha value is -2.28. The molecule has 0 radical (unpaired) electrons. The predicted molar refractivity (Wildman–Crippen MR) is 94.2 cm³/mol. The number of halogens is 4. The van der Waals surface area contributed by atoms with Crippen LogP contribution in [0.15, 0.2) is 36.9 Å². The molecule has 1 amide bonds. The van der Waals surface area contributed by atoms with Crippen LogP contribution in [0.5, 0.6) is 0 Å². The molecule has 4 nitrogen and oxygen atoms in total. The van der Waals surface area contributed by atoms with Gasteiger partial charge in [-0.05, 0) is 23.6 Å². The fourth-order valence-electron chi connectivity index (χ4n) is 2.49. The Bertz CT molecular complexity index is 797. The van der Waals surface area contributed by atoms with E-state index in [1.54, 1.807) is 37.3 Å². The normalized spacial score (nSPS) is 12.7. The Morgan fingerprint density at radius 2 is 2.00 bits per heavy atom. The second-order valence-electron chi connectivity index (χ2n) is 6.02. The molecular weight excluding hydrogens is 367 g/mol. The van der Waals surface area contributed by atoms with Crippen molar-refractivity contribution < 1.29 is 18.0 Å². The summed E-state index contributed by atoms with van der Waals surface area (Å²) < 4.78 is 41.1. The van der Waals surface area contributed by atoms with Crippen LogP contribution in [-0.2, 0) is 19.6 Å². The lowest BCUT2D eigenvalue weighted by molar-refractivity contribution is -0.144. The highest BCUT2D eigenvalue weighted by Gasteiger charge is 2.41. The van der Waals surface area contributed by atoms with Crippen LogP contribution in [0.2, 0.25) is 5.02 Å². The van der Waals surface area contributed by atoms with Gasteiger partial charge in [0.25, 0.3) is 5.91 Å². The minimum Gasteiger partial charge on any atom is -0.351 e. The van der Waals surface area contributed by atoms with Crippen molar-refractivity contribution in [1.82, 2.24) is 15.1 Å². The number of nitrogens with one attached hydrogen (secondary N) is 1. The van der Waals surface area contributed by atoms with Gasteiger partial charge in [0.15, 0.2) is 5.69 Å². The molecule has 0 aliphatic carbocycles. The molecular formula is C18H19ClF3N3O. The lowest BCUT2D eigenvalue weighted by atomic mass is 10.0. The molecule has 1 heterocycles. The van der Waals surface area contributed by atoms with Gasteiger partial charge >= 0.3 is 6.18 Å². The van der Waals surface area contributed by atoms with Crippen LogP contribution in [0.3, 0.4) is 0 Å². The molecule has 0 saturated heterocycles. The van der Waals surface area contributed by atoms with Gasteiger partial charge in [0.05, 0.1) is 11.3 Å². The second kappa shape index (κ2) is 7.95. The molecule has 0 fully saturated rings. The van der Waals surface area contributed by atoms with Gasteiger partial charge in [0.1, 0.15) is 0 Å². The number of alkyl halides is 3. The average molecular weight is 386 g/mol. The van der Waals surface area contributed by atoms with Gasteiger partial charge in [-0.3, -0.25) is 9.48 Å². The van der Waals surface area contributed by atoms with E-state index in [1.165, 1.54) is 7.05 Å². The summed E-state index contributed by atoms with van der Waals surface area (Å²) in [7, 11) is 1.18. The van der Waals surface area contributed by atoms with Crippen LogP contribution in [-0.4, -0.2) is 22.2 Å². The van der Waals surface area contributed by atoms with E-state index in [-0.39, 0.29) is 24.6 Å². The highest BCUT2D eigenvalue weighted by atomic mass is 35.5.